The average Bonchev–Trinajstić information content (AvgIpc) is 3.92. The Kier molecular flexibility index (Phi) is 10.9. The number of furan rings is 1. The molecule has 3 nitrogen and oxygen atoms in total. The molecule has 2 saturated carbocycles. The minimum Gasteiger partial charge on any atom is -0.500 e. The molecule has 3 heterocycles. The van der Waals surface area contributed by atoms with Gasteiger partial charge in [0.05, 0.1) is 5.58 Å². The maximum atomic E-state index is 8.76. The van der Waals surface area contributed by atoms with Gasteiger partial charge < -0.3 is 9.40 Å². The molecule has 2 aliphatic rings. The Morgan fingerprint density at radius 2 is 1.58 bits per heavy atom. The summed E-state index contributed by atoms with van der Waals surface area (Å²) >= 11 is -2.24. The summed E-state index contributed by atoms with van der Waals surface area (Å²) in [5.74, 6) is 9.66. The summed E-state index contributed by atoms with van der Waals surface area (Å²) in [6, 6.07) is 41.8. The van der Waals surface area contributed by atoms with Crippen LogP contribution in [0.3, 0.4) is 0 Å². The van der Waals surface area contributed by atoms with Gasteiger partial charge in [-0.2, -0.15) is 0 Å². The topological polar surface area (TPSA) is 38.9 Å². The zero-order valence-corrected chi connectivity index (χ0v) is 37.4. The Morgan fingerprint density at radius 1 is 0.782 bits per heavy atom. The van der Waals surface area contributed by atoms with Crippen molar-refractivity contribution in [3.8, 4) is 33.6 Å². The SMILES string of the molecule is [2H]C([2H])(c1cc(-c2[c-]cccc2)nc[c]1[Ge]([CH3])([CH3])[CH3])C(C)(C)C.[Ir].[c-]1cc2oc3cc(-c4ccccc4)ccc3c2cc1-c1cc(CC2CC3CCC2C3)ccn1. The van der Waals surface area contributed by atoms with Gasteiger partial charge in [0.25, 0.3) is 0 Å². The fraction of sp³-hybridized carbons (Fsp3) is 0.320. The monoisotopic (exact) mass is 965 g/mol. The van der Waals surface area contributed by atoms with Crippen LogP contribution >= 0.6 is 0 Å². The van der Waals surface area contributed by atoms with Crippen molar-refractivity contribution in [2.45, 2.75) is 76.5 Å². The molecule has 7 aromatic rings. The second-order valence-corrected chi connectivity index (χ2v) is 28.1. The minimum atomic E-state index is -2.24. The van der Waals surface area contributed by atoms with Crippen molar-refractivity contribution in [2.75, 3.05) is 0 Å². The van der Waals surface area contributed by atoms with Crippen molar-refractivity contribution in [3.63, 3.8) is 0 Å². The molecule has 0 aliphatic heterocycles. The van der Waals surface area contributed by atoms with Gasteiger partial charge in [-0.05, 0) is 72.4 Å². The predicted molar refractivity (Wildman–Crippen MR) is 229 cm³/mol. The average molecular weight is 964 g/mol. The Morgan fingerprint density at radius 3 is 2.29 bits per heavy atom. The summed E-state index contributed by atoms with van der Waals surface area (Å²) in [7, 11) is 0. The van der Waals surface area contributed by atoms with Crippen LogP contribution in [0.15, 0.2) is 120 Å². The standard InChI is InChI=1S/C31H26NO.C19H26GeN.Ir/c1-2-4-22(5-3-1)24-8-10-27-28-18-25(9-11-30(28)33-31(27)19-24)29-17-21(12-13-32-29)16-26-15-20-6-7-23(26)14-20;1-19(2,3)13-16-12-18(15-10-8-7-9-11-15)21-14-17(16)20(4,5)6;/h1-5,8,10-13,17-20,23,26H,6-7,14-16H2;7-10,12,14H,13H2,1-6H3;/q2*-1;/i;13D2;. The Hall–Kier alpha value is -3.83. The Bertz CT molecular complexity index is 2490. The molecule has 9 rings (SSSR count). The maximum absolute atomic E-state index is 8.76. The molecule has 0 spiro atoms. The molecule has 55 heavy (non-hydrogen) atoms. The van der Waals surface area contributed by atoms with Gasteiger partial charge in [0.1, 0.15) is 5.58 Å². The van der Waals surface area contributed by atoms with Gasteiger partial charge >= 0.3 is 135 Å². The first-order valence-corrected chi connectivity index (χ1v) is 27.0. The number of aromatic nitrogens is 2. The zero-order chi connectivity index (χ0) is 39.2. The first-order valence-electron chi connectivity index (χ1n) is 20.6. The molecule has 5 heteroatoms. The van der Waals surface area contributed by atoms with E-state index in [4.69, 9.17) is 12.1 Å². The second kappa shape index (κ2) is 16.3. The van der Waals surface area contributed by atoms with E-state index in [9.17, 15) is 0 Å². The van der Waals surface area contributed by atoms with E-state index in [1.165, 1.54) is 48.8 Å². The number of benzene rings is 4. The Balaban J connectivity index is 0.000000184. The molecule has 2 aliphatic carbocycles. The van der Waals surface area contributed by atoms with Crippen molar-refractivity contribution < 1.29 is 27.3 Å². The van der Waals surface area contributed by atoms with Crippen LogP contribution in [-0.4, -0.2) is 23.2 Å². The van der Waals surface area contributed by atoms with Crippen LogP contribution in [0.4, 0.5) is 0 Å². The summed E-state index contributed by atoms with van der Waals surface area (Å²) in [4.78, 5) is 9.32. The molecule has 4 aromatic carbocycles. The first-order chi connectivity index (χ1) is 26.7. The largest absolute Gasteiger partial charge is 0.500 e. The van der Waals surface area contributed by atoms with Gasteiger partial charge in [0.2, 0.25) is 0 Å². The van der Waals surface area contributed by atoms with Crippen LogP contribution in [0.2, 0.25) is 17.3 Å². The Labute approximate surface area is 346 Å². The molecular formula is C50H52GeIrN2O-2. The zero-order valence-electron chi connectivity index (χ0n) is 34.9. The molecule has 2 fully saturated rings. The fourth-order valence-electron chi connectivity index (χ4n) is 8.62. The molecule has 2 bridgehead atoms. The van der Waals surface area contributed by atoms with Gasteiger partial charge in [-0.1, -0.05) is 65.9 Å². The number of hydrogen-bond donors (Lipinski definition) is 0. The first kappa shape index (κ1) is 36.8. The van der Waals surface area contributed by atoms with Gasteiger partial charge in [0, 0.05) is 31.7 Å². The third-order valence-corrected chi connectivity index (χ3v) is 15.4. The molecule has 3 unspecified atom stereocenters. The van der Waals surface area contributed by atoms with Crippen LogP contribution in [0.5, 0.6) is 0 Å². The molecule has 3 aromatic heterocycles. The summed E-state index contributed by atoms with van der Waals surface area (Å²) in [6.45, 7) is 5.88. The van der Waals surface area contributed by atoms with Crippen LogP contribution < -0.4 is 4.40 Å². The third kappa shape index (κ3) is 9.09. The van der Waals surface area contributed by atoms with Crippen molar-refractivity contribution in [1.29, 1.82) is 0 Å². The molecule has 0 saturated heterocycles. The smallest absolute Gasteiger partial charge is 0.121 e. The quantitative estimate of drug-likeness (QED) is 0.118. The van der Waals surface area contributed by atoms with Crippen molar-refractivity contribution >= 4 is 39.6 Å². The molecule has 283 valence electrons. The van der Waals surface area contributed by atoms with E-state index in [1.54, 1.807) is 0 Å². The van der Waals surface area contributed by atoms with E-state index in [2.05, 4.69) is 95.0 Å². The van der Waals surface area contributed by atoms with E-state index in [-0.39, 0.29) is 20.1 Å². The van der Waals surface area contributed by atoms with E-state index >= 15 is 0 Å². The summed E-state index contributed by atoms with van der Waals surface area (Å²) in [5.41, 5.74) is 9.64. The number of pyridine rings is 2. The van der Waals surface area contributed by atoms with Crippen LogP contribution in [0, 0.1) is 35.3 Å². The molecular weight excluding hydrogens is 909 g/mol. The van der Waals surface area contributed by atoms with Crippen molar-refractivity contribution in [3.05, 3.63) is 139 Å². The number of fused-ring (bicyclic) bond motifs is 5. The van der Waals surface area contributed by atoms with Crippen molar-refractivity contribution in [1.82, 2.24) is 9.97 Å². The number of hydrogen-bond acceptors (Lipinski definition) is 3. The fourth-order valence-corrected chi connectivity index (χ4v) is 11.5. The van der Waals surface area contributed by atoms with E-state index in [0.29, 0.717) is 0 Å². The molecule has 0 N–H and O–H groups in total. The van der Waals surface area contributed by atoms with Gasteiger partial charge in [-0.3, -0.25) is 0 Å². The van der Waals surface area contributed by atoms with E-state index in [1.807, 2.05) is 75.6 Å². The summed E-state index contributed by atoms with van der Waals surface area (Å²) in [6.07, 6.45) is 9.45. The minimum absolute atomic E-state index is 0. The predicted octanol–water partition coefficient (Wildman–Crippen LogP) is 12.8. The molecule has 0 amide bonds. The third-order valence-electron chi connectivity index (χ3n) is 11.2. The number of rotatable bonds is 7. The summed E-state index contributed by atoms with van der Waals surface area (Å²) < 4.78 is 24.9. The van der Waals surface area contributed by atoms with Crippen LogP contribution in [0.1, 0.15) is 60.3 Å². The molecule has 1 radical (unpaired) electrons. The number of nitrogens with zero attached hydrogens (tertiary/aromatic N) is 2. The van der Waals surface area contributed by atoms with Gasteiger partial charge in [-0.25, -0.2) is 0 Å². The maximum Gasteiger partial charge on any atom is 0.121 e. The van der Waals surface area contributed by atoms with Gasteiger partial charge in [0.15, 0.2) is 0 Å². The second-order valence-electron chi connectivity index (χ2n) is 17.5. The molecule has 3 atom stereocenters. The summed E-state index contributed by atoms with van der Waals surface area (Å²) in [5, 5.41) is 2.26. The van der Waals surface area contributed by atoms with Crippen LogP contribution in [-0.2, 0) is 32.9 Å². The van der Waals surface area contributed by atoms with E-state index < -0.39 is 25.1 Å². The van der Waals surface area contributed by atoms with Gasteiger partial charge in [-0.15, -0.1) is 23.8 Å². The van der Waals surface area contributed by atoms with Crippen LogP contribution in [0.25, 0.3) is 55.6 Å². The normalized spacial score (nSPS) is 18.7. The van der Waals surface area contributed by atoms with Crippen molar-refractivity contribution in [2.24, 2.45) is 23.2 Å². The van der Waals surface area contributed by atoms with E-state index in [0.717, 1.165) is 72.2 Å².